The average molecular weight is 241 g/mol. The first kappa shape index (κ1) is 10.9. The van der Waals surface area contributed by atoms with Crippen LogP contribution in [0.4, 0.5) is 5.82 Å². The molecule has 0 aliphatic heterocycles. The lowest BCUT2D eigenvalue weighted by atomic mass is 10.1. The van der Waals surface area contributed by atoms with E-state index in [-0.39, 0.29) is 0 Å². The second kappa shape index (κ2) is 3.91. The predicted octanol–water partition coefficient (Wildman–Crippen LogP) is 2.87. The van der Waals surface area contributed by atoms with Crippen molar-refractivity contribution in [2.45, 2.75) is 13.3 Å². The molecule has 4 nitrogen and oxygen atoms in total. The molecule has 0 amide bonds. The molecule has 0 unspecified atom stereocenters. The van der Waals surface area contributed by atoms with Crippen LogP contribution in [-0.4, -0.2) is 17.1 Å². The normalized spacial score (nSPS) is 11.2. The third-order valence-electron chi connectivity index (χ3n) is 3.23. The van der Waals surface area contributed by atoms with Crippen LogP contribution in [0.1, 0.15) is 12.6 Å². The standard InChI is InChI=1S/C14H15N3O/c1-3-11-14-10(7-13(15)16-11)9-5-4-8(18-2)6-12(9)17-14/h4-7,17H,3H2,1-2H3,(H2,15,16). The van der Waals surface area contributed by atoms with E-state index in [1.54, 1.807) is 7.11 Å². The van der Waals surface area contributed by atoms with Crippen LogP contribution in [0.5, 0.6) is 5.75 Å². The Kier molecular flexibility index (Phi) is 2.37. The number of H-pyrrole nitrogens is 1. The summed E-state index contributed by atoms with van der Waals surface area (Å²) >= 11 is 0. The number of rotatable bonds is 2. The number of anilines is 1. The second-order valence-electron chi connectivity index (χ2n) is 4.31. The highest BCUT2D eigenvalue weighted by Crippen LogP contribution is 2.30. The van der Waals surface area contributed by atoms with E-state index in [4.69, 9.17) is 10.5 Å². The van der Waals surface area contributed by atoms with Crippen LogP contribution in [0.3, 0.4) is 0 Å². The molecule has 0 spiro atoms. The van der Waals surface area contributed by atoms with Crippen LogP contribution in [0.15, 0.2) is 24.3 Å². The highest BCUT2D eigenvalue weighted by atomic mass is 16.5. The summed E-state index contributed by atoms with van der Waals surface area (Å²) in [6, 6.07) is 7.91. The molecule has 0 aliphatic rings. The van der Waals surface area contributed by atoms with E-state index in [0.717, 1.165) is 39.7 Å². The van der Waals surface area contributed by atoms with Crippen molar-refractivity contribution in [3.63, 3.8) is 0 Å². The number of nitrogen functional groups attached to an aromatic ring is 1. The zero-order valence-electron chi connectivity index (χ0n) is 10.4. The van der Waals surface area contributed by atoms with Gasteiger partial charge in [0.1, 0.15) is 11.6 Å². The van der Waals surface area contributed by atoms with Crippen molar-refractivity contribution in [1.82, 2.24) is 9.97 Å². The van der Waals surface area contributed by atoms with Gasteiger partial charge < -0.3 is 15.5 Å². The lowest BCUT2D eigenvalue weighted by Crippen LogP contribution is -1.95. The SMILES string of the molecule is CCc1nc(N)cc2c1[nH]c1cc(OC)ccc12. The summed E-state index contributed by atoms with van der Waals surface area (Å²) < 4.78 is 5.24. The molecule has 1 aromatic carbocycles. The average Bonchev–Trinajstić information content (AvgIpc) is 2.75. The number of aromatic nitrogens is 2. The monoisotopic (exact) mass is 241 g/mol. The number of aromatic amines is 1. The van der Waals surface area contributed by atoms with Crippen molar-refractivity contribution in [2.24, 2.45) is 0 Å². The molecule has 3 N–H and O–H groups in total. The molecule has 3 aromatic rings. The molecule has 3 rings (SSSR count). The first-order valence-electron chi connectivity index (χ1n) is 5.97. The minimum atomic E-state index is 0.566. The maximum absolute atomic E-state index is 5.86. The quantitative estimate of drug-likeness (QED) is 0.725. The molecule has 18 heavy (non-hydrogen) atoms. The van der Waals surface area contributed by atoms with Gasteiger partial charge in [-0.25, -0.2) is 4.98 Å². The number of methoxy groups -OCH3 is 1. The van der Waals surface area contributed by atoms with Crippen molar-refractivity contribution in [3.8, 4) is 5.75 Å². The minimum absolute atomic E-state index is 0.566. The van der Waals surface area contributed by atoms with Crippen LogP contribution in [0.25, 0.3) is 21.8 Å². The van der Waals surface area contributed by atoms with Crippen molar-refractivity contribution >= 4 is 27.6 Å². The Bertz CT molecular complexity index is 731. The highest BCUT2D eigenvalue weighted by Gasteiger charge is 2.10. The lowest BCUT2D eigenvalue weighted by molar-refractivity contribution is 0.415. The topological polar surface area (TPSA) is 63.9 Å². The molecule has 0 aliphatic carbocycles. The Balaban J connectivity index is 2.42. The van der Waals surface area contributed by atoms with Gasteiger partial charge in [0.25, 0.3) is 0 Å². The Morgan fingerprint density at radius 1 is 1.28 bits per heavy atom. The zero-order chi connectivity index (χ0) is 12.7. The van der Waals surface area contributed by atoms with E-state index < -0.39 is 0 Å². The summed E-state index contributed by atoms with van der Waals surface area (Å²) in [7, 11) is 1.67. The molecule has 0 saturated carbocycles. The largest absolute Gasteiger partial charge is 0.497 e. The summed E-state index contributed by atoms with van der Waals surface area (Å²) in [4.78, 5) is 7.77. The van der Waals surface area contributed by atoms with Gasteiger partial charge in [-0.2, -0.15) is 0 Å². The molecule has 0 fully saturated rings. The molecular formula is C14H15N3O. The Hall–Kier alpha value is -2.23. The molecule has 2 aromatic heterocycles. The van der Waals surface area contributed by atoms with Crippen LogP contribution in [0, 0.1) is 0 Å². The molecule has 0 bridgehead atoms. The number of nitrogens with zero attached hydrogens (tertiary/aromatic N) is 1. The predicted molar refractivity (Wildman–Crippen MR) is 73.9 cm³/mol. The van der Waals surface area contributed by atoms with Gasteiger partial charge in [0.2, 0.25) is 0 Å². The van der Waals surface area contributed by atoms with E-state index in [1.807, 2.05) is 24.3 Å². The molecule has 0 atom stereocenters. The van der Waals surface area contributed by atoms with Gasteiger partial charge in [-0.3, -0.25) is 0 Å². The maximum atomic E-state index is 5.86. The third kappa shape index (κ3) is 1.49. The van der Waals surface area contributed by atoms with Crippen LogP contribution in [-0.2, 0) is 6.42 Å². The van der Waals surface area contributed by atoms with E-state index in [9.17, 15) is 0 Å². The van der Waals surface area contributed by atoms with Gasteiger partial charge in [-0.05, 0) is 24.6 Å². The molecule has 0 radical (unpaired) electrons. The summed E-state index contributed by atoms with van der Waals surface area (Å²) in [6.07, 6.45) is 0.853. The van der Waals surface area contributed by atoms with Gasteiger partial charge in [0.05, 0.1) is 23.8 Å². The Labute approximate surface area is 105 Å². The van der Waals surface area contributed by atoms with Crippen molar-refractivity contribution in [1.29, 1.82) is 0 Å². The van der Waals surface area contributed by atoms with Crippen molar-refractivity contribution in [3.05, 3.63) is 30.0 Å². The number of hydrogen-bond acceptors (Lipinski definition) is 3. The number of ether oxygens (including phenoxy) is 1. The summed E-state index contributed by atoms with van der Waals surface area (Å²) in [5, 5.41) is 2.27. The van der Waals surface area contributed by atoms with Crippen LogP contribution < -0.4 is 10.5 Å². The maximum Gasteiger partial charge on any atom is 0.124 e. The smallest absolute Gasteiger partial charge is 0.124 e. The zero-order valence-corrected chi connectivity index (χ0v) is 10.4. The van der Waals surface area contributed by atoms with Crippen LogP contribution >= 0.6 is 0 Å². The fourth-order valence-corrected chi connectivity index (χ4v) is 2.35. The van der Waals surface area contributed by atoms with E-state index in [2.05, 4.69) is 16.9 Å². The van der Waals surface area contributed by atoms with Gasteiger partial charge in [0.15, 0.2) is 0 Å². The molecular weight excluding hydrogens is 226 g/mol. The number of aryl methyl sites for hydroxylation is 1. The highest BCUT2D eigenvalue weighted by molar-refractivity contribution is 6.08. The molecule has 2 heterocycles. The number of benzene rings is 1. The molecule has 92 valence electrons. The number of hydrogen-bond donors (Lipinski definition) is 2. The lowest BCUT2D eigenvalue weighted by Gasteiger charge is -2.00. The number of fused-ring (bicyclic) bond motifs is 3. The molecule has 4 heteroatoms. The first-order chi connectivity index (χ1) is 8.72. The van der Waals surface area contributed by atoms with E-state index in [1.165, 1.54) is 0 Å². The van der Waals surface area contributed by atoms with Gasteiger partial charge in [0, 0.05) is 16.8 Å². The van der Waals surface area contributed by atoms with Gasteiger partial charge >= 0.3 is 0 Å². The summed E-state index contributed by atoms with van der Waals surface area (Å²) in [6.45, 7) is 2.08. The summed E-state index contributed by atoms with van der Waals surface area (Å²) in [5.74, 6) is 1.41. The Morgan fingerprint density at radius 2 is 2.11 bits per heavy atom. The number of nitrogens with one attached hydrogen (secondary N) is 1. The van der Waals surface area contributed by atoms with E-state index >= 15 is 0 Å². The third-order valence-corrected chi connectivity index (χ3v) is 3.23. The van der Waals surface area contributed by atoms with Gasteiger partial charge in [-0.15, -0.1) is 0 Å². The number of nitrogens with two attached hydrogens (primary N) is 1. The number of pyridine rings is 1. The fraction of sp³-hybridized carbons (Fsp3) is 0.214. The van der Waals surface area contributed by atoms with Crippen molar-refractivity contribution in [2.75, 3.05) is 12.8 Å². The second-order valence-corrected chi connectivity index (χ2v) is 4.31. The first-order valence-corrected chi connectivity index (χ1v) is 5.97. The minimum Gasteiger partial charge on any atom is -0.497 e. The van der Waals surface area contributed by atoms with E-state index in [0.29, 0.717) is 5.82 Å². The Morgan fingerprint density at radius 3 is 2.83 bits per heavy atom. The van der Waals surface area contributed by atoms with Crippen molar-refractivity contribution < 1.29 is 4.74 Å². The fourth-order valence-electron chi connectivity index (χ4n) is 2.35. The summed E-state index contributed by atoms with van der Waals surface area (Å²) in [5.41, 5.74) is 8.97. The van der Waals surface area contributed by atoms with Gasteiger partial charge in [-0.1, -0.05) is 6.92 Å². The van der Waals surface area contributed by atoms with Crippen LogP contribution in [0.2, 0.25) is 0 Å². The molecule has 0 saturated heterocycles.